The Labute approximate surface area is 89.1 Å². The molecule has 1 aliphatic carbocycles. The Balaban J connectivity index is 2.17. The van der Waals surface area contributed by atoms with Crippen LogP contribution in [-0.4, -0.2) is 0 Å². The zero-order valence-electron chi connectivity index (χ0n) is 9.38. The maximum absolute atomic E-state index is 2.31. The lowest BCUT2D eigenvalue weighted by Crippen LogP contribution is -1.81. The number of hydrogen-bond donors (Lipinski definition) is 0. The van der Waals surface area contributed by atoms with Gasteiger partial charge in [0.25, 0.3) is 0 Å². The Morgan fingerprint density at radius 1 is 0.429 bits per heavy atom. The van der Waals surface area contributed by atoms with Gasteiger partial charge in [-0.3, -0.25) is 0 Å². The first kappa shape index (κ1) is 11.6. The largest absolute Gasteiger partial charge is 0.0845 e. The van der Waals surface area contributed by atoms with Crippen molar-refractivity contribution >= 4 is 0 Å². The second kappa shape index (κ2) is 9.05. The van der Waals surface area contributed by atoms with Gasteiger partial charge < -0.3 is 0 Å². The van der Waals surface area contributed by atoms with E-state index in [4.69, 9.17) is 0 Å². The van der Waals surface area contributed by atoms with E-state index in [1.807, 2.05) is 0 Å². The minimum absolute atomic E-state index is 1.27. The predicted molar refractivity (Wildman–Crippen MR) is 64.5 cm³/mol. The van der Waals surface area contributed by atoms with Crippen LogP contribution < -0.4 is 0 Å². The molecule has 0 N–H and O–H groups in total. The van der Waals surface area contributed by atoms with E-state index in [1.54, 1.807) is 0 Å². The Morgan fingerprint density at radius 2 is 0.786 bits per heavy atom. The zero-order valence-corrected chi connectivity index (χ0v) is 9.38. The third-order valence-electron chi connectivity index (χ3n) is 2.87. The van der Waals surface area contributed by atoms with Crippen LogP contribution in [-0.2, 0) is 0 Å². The molecule has 0 aromatic carbocycles. The van der Waals surface area contributed by atoms with Gasteiger partial charge >= 0.3 is 0 Å². The highest BCUT2D eigenvalue weighted by atomic mass is 14.0. The lowest BCUT2D eigenvalue weighted by molar-refractivity contribution is 0.571. The SMILES string of the molecule is C1=CCCCCCCCCCC/C=C/1. The van der Waals surface area contributed by atoms with Crippen molar-refractivity contribution in [1.29, 1.82) is 0 Å². The van der Waals surface area contributed by atoms with Crippen molar-refractivity contribution in [3.05, 3.63) is 24.3 Å². The lowest BCUT2D eigenvalue weighted by atomic mass is 10.1. The average molecular weight is 192 g/mol. The van der Waals surface area contributed by atoms with Crippen molar-refractivity contribution in [1.82, 2.24) is 0 Å². The molecule has 0 saturated carbocycles. The molecular formula is C14H24. The highest BCUT2D eigenvalue weighted by molar-refractivity contribution is 5.02. The second-order valence-corrected chi connectivity index (χ2v) is 4.26. The van der Waals surface area contributed by atoms with Gasteiger partial charge in [-0.1, -0.05) is 62.8 Å². The summed E-state index contributed by atoms with van der Waals surface area (Å²) in [5.74, 6) is 0. The quantitative estimate of drug-likeness (QED) is 0.506. The molecule has 0 aliphatic heterocycles. The van der Waals surface area contributed by atoms with Crippen LogP contribution in [0.4, 0.5) is 0 Å². The van der Waals surface area contributed by atoms with E-state index in [0.29, 0.717) is 0 Å². The minimum atomic E-state index is 1.27. The van der Waals surface area contributed by atoms with Crippen LogP contribution in [0, 0.1) is 0 Å². The van der Waals surface area contributed by atoms with Gasteiger partial charge in [0.1, 0.15) is 0 Å². The summed E-state index contributed by atoms with van der Waals surface area (Å²) >= 11 is 0. The van der Waals surface area contributed by atoms with Crippen LogP contribution >= 0.6 is 0 Å². The third-order valence-corrected chi connectivity index (χ3v) is 2.87. The first-order chi connectivity index (χ1) is 7.00. The number of allylic oxidation sites excluding steroid dienone is 4. The summed E-state index contributed by atoms with van der Waals surface area (Å²) in [7, 11) is 0. The van der Waals surface area contributed by atoms with E-state index in [9.17, 15) is 0 Å². The molecule has 0 atom stereocenters. The summed E-state index contributed by atoms with van der Waals surface area (Å²) in [5, 5.41) is 0. The Bertz CT molecular complexity index is 145. The first-order valence-electron chi connectivity index (χ1n) is 6.32. The van der Waals surface area contributed by atoms with Crippen molar-refractivity contribution in [3.63, 3.8) is 0 Å². The summed E-state index contributed by atoms with van der Waals surface area (Å²) < 4.78 is 0. The second-order valence-electron chi connectivity index (χ2n) is 4.26. The third kappa shape index (κ3) is 6.94. The van der Waals surface area contributed by atoms with E-state index >= 15 is 0 Å². The van der Waals surface area contributed by atoms with Crippen LogP contribution in [0.2, 0.25) is 0 Å². The van der Waals surface area contributed by atoms with Crippen molar-refractivity contribution < 1.29 is 0 Å². The fourth-order valence-corrected chi connectivity index (χ4v) is 1.93. The Kier molecular flexibility index (Phi) is 7.47. The van der Waals surface area contributed by atoms with Gasteiger partial charge in [-0.25, -0.2) is 0 Å². The van der Waals surface area contributed by atoms with Gasteiger partial charge in [-0.15, -0.1) is 0 Å². The van der Waals surface area contributed by atoms with Gasteiger partial charge in [-0.05, 0) is 25.7 Å². The normalized spacial score (nSPS) is 24.0. The fourth-order valence-electron chi connectivity index (χ4n) is 1.93. The molecule has 1 aliphatic rings. The molecule has 0 bridgehead atoms. The van der Waals surface area contributed by atoms with Gasteiger partial charge in [-0.2, -0.15) is 0 Å². The van der Waals surface area contributed by atoms with E-state index in [-0.39, 0.29) is 0 Å². The molecule has 0 fully saturated rings. The fraction of sp³-hybridized carbons (Fsp3) is 0.714. The highest BCUT2D eigenvalue weighted by Crippen LogP contribution is 2.11. The zero-order chi connectivity index (χ0) is 9.90. The molecule has 14 heavy (non-hydrogen) atoms. The summed E-state index contributed by atoms with van der Waals surface area (Å²) in [5.41, 5.74) is 0. The van der Waals surface area contributed by atoms with E-state index in [0.717, 1.165) is 0 Å². The summed E-state index contributed by atoms with van der Waals surface area (Å²) in [4.78, 5) is 0. The van der Waals surface area contributed by atoms with Crippen LogP contribution in [0.5, 0.6) is 0 Å². The topological polar surface area (TPSA) is 0 Å². The van der Waals surface area contributed by atoms with Crippen molar-refractivity contribution in [2.75, 3.05) is 0 Å². The van der Waals surface area contributed by atoms with Gasteiger partial charge in [0.2, 0.25) is 0 Å². The minimum Gasteiger partial charge on any atom is -0.0845 e. The lowest BCUT2D eigenvalue weighted by Gasteiger charge is -2.01. The van der Waals surface area contributed by atoms with E-state index in [1.165, 1.54) is 64.2 Å². The molecule has 1 rings (SSSR count). The number of rotatable bonds is 0. The van der Waals surface area contributed by atoms with E-state index in [2.05, 4.69) is 24.3 Å². The van der Waals surface area contributed by atoms with Crippen molar-refractivity contribution in [2.45, 2.75) is 64.2 Å². The van der Waals surface area contributed by atoms with Gasteiger partial charge in [0, 0.05) is 0 Å². The standard InChI is InChI=1S/C14H24/c1-2-4-6-8-10-12-14-13-11-9-7-5-3-1/h1-4H,5-14H2/b3-1+,4-2?. The molecule has 0 radical (unpaired) electrons. The maximum Gasteiger partial charge on any atom is -0.0348 e. The van der Waals surface area contributed by atoms with Crippen LogP contribution in [0.1, 0.15) is 64.2 Å². The molecule has 0 heteroatoms. The van der Waals surface area contributed by atoms with Crippen LogP contribution in [0.25, 0.3) is 0 Å². The highest BCUT2D eigenvalue weighted by Gasteiger charge is 1.91. The van der Waals surface area contributed by atoms with E-state index < -0.39 is 0 Å². The monoisotopic (exact) mass is 192 g/mol. The Hall–Kier alpha value is -0.520. The molecule has 0 unspecified atom stereocenters. The van der Waals surface area contributed by atoms with Crippen molar-refractivity contribution in [2.24, 2.45) is 0 Å². The maximum atomic E-state index is 2.31. The number of hydrogen-bond acceptors (Lipinski definition) is 0. The van der Waals surface area contributed by atoms with Gasteiger partial charge in [0.15, 0.2) is 0 Å². The first-order valence-corrected chi connectivity index (χ1v) is 6.32. The summed E-state index contributed by atoms with van der Waals surface area (Å²) in [6.45, 7) is 0. The molecule has 0 heterocycles. The molecule has 0 amide bonds. The van der Waals surface area contributed by atoms with Gasteiger partial charge in [0.05, 0.1) is 0 Å². The van der Waals surface area contributed by atoms with Crippen LogP contribution in [0.15, 0.2) is 24.3 Å². The van der Waals surface area contributed by atoms with Crippen LogP contribution in [0.3, 0.4) is 0 Å². The molecule has 0 saturated heterocycles. The molecule has 0 aromatic rings. The molecule has 0 nitrogen and oxygen atoms in total. The Morgan fingerprint density at radius 3 is 1.21 bits per heavy atom. The molecule has 80 valence electrons. The smallest absolute Gasteiger partial charge is 0.0348 e. The molecule has 0 spiro atoms. The van der Waals surface area contributed by atoms with Crippen molar-refractivity contribution in [3.8, 4) is 0 Å². The molecular weight excluding hydrogens is 168 g/mol. The average Bonchev–Trinajstić information content (AvgIpc) is 2.22. The summed E-state index contributed by atoms with van der Waals surface area (Å²) in [6.07, 6.45) is 23.0. The molecule has 0 aromatic heterocycles. The predicted octanol–water partition coefficient (Wildman–Crippen LogP) is 5.01. The summed E-state index contributed by atoms with van der Waals surface area (Å²) in [6, 6.07) is 0.